The van der Waals surface area contributed by atoms with E-state index >= 15 is 0 Å². The Morgan fingerprint density at radius 2 is 2.06 bits per heavy atom. The third-order valence-electron chi connectivity index (χ3n) is 2.58. The molecule has 0 radical (unpaired) electrons. The van der Waals surface area contributed by atoms with E-state index in [9.17, 15) is 13.2 Å². The molecule has 1 unspecified atom stereocenters. The Morgan fingerprint density at radius 1 is 1.38 bits per heavy atom. The van der Waals surface area contributed by atoms with Crippen molar-refractivity contribution in [3.05, 3.63) is 0 Å². The van der Waals surface area contributed by atoms with Crippen molar-refractivity contribution in [3.63, 3.8) is 0 Å². The van der Waals surface area contributed by atoms with Gasteiger partial charge in [-0.05, 0) is 38.1 Å². The number of hydrogen-bond donors (Lipinski definition) is 1. The second kappa shape index (κ2) is 6.45. The van der Waals surface area contributed by atoms with Gasteiger partial charge in [-0.3, -0.25) is 0 Å². The monoisotopic (exact) mass is 239 g/mol. The number of alkyl halides is 3. The molecule has 0 heterocycles. The minimum atomic E-state index is -4.20. The fraction of sp³-hybridized carbons (Fsp3) is 1.00. The zero-order valence-corrected chi connectivity index (χ0v) is 9.65. The van der Waals surface area contributed by atoms with Crippen LogP contribution in [0.25, 0.3) is 0 Å². The van der Waals surface area contributed by atoms with Crippen LogP contribution in [0.1, 0.15) is 32.6 Å². The average Bonchev–Trinajstić information content (AvgIpc) is 2.95. The summed E-state index contributed by atoms with van der Waals surface area (Å²) >= 11 is 0. The number of rotatable bonds is 8. The van der Waals surface area contributed by atoms with Gasteiger partial charge in [0.05, 0.1) is 0 Å². The Kier molecular flexibility index (Phi) is 5.55. The molecule has 96 valence electrons. The normalized spacial score (nSPS) is 18.8. The second-order valence-corrected chi connectivity index (χ2v) is 4.60. The summed E-state index contributed by atoms with van der Waals surface area (Å²) in [6.45, 7) is 2.15. The molecule has 5 heteroatoms. The Balaban J connectivity index is 1.85. The molecule has 1 aliphatic carbocycles. The molecule has 0 aliphatic heterocycles. The van der Waals surface area contributed by atoms with Crippen LogP contribution in [0, 0.1) is 5.92 Å². The predicted molar refractivity (Wildman–Crippen MR) is 56.3 cm³/mol. The lowest BCUT2D eigenvalue weighted by Crippen LogP contribution is -2.23. The third kappa shape index (κ3) is 7.93. The summed E-state index contributed by atoms with van der Waals surface area (Å²) in [5.74, 6) is 0.509. The van der Waals surface area contributed by atoms with Gasteiger partial charge >= 0.3 is 6.18 Å². The summed E-state index contributed by atoms with van der Waals surface area (Å²) in [4.78, 5) is 0. The molecule has 0 aromatic carbocycles. The standard InChI is InChI=1S/C11H20F3NO/c1-9(7-15-10-4-5-10)3-2-6-16-8-11(12,13)14/h9-10,15H,2-8H2,1H3. The highest BCUT2D eigenvalue weighted by Gasteiger charge is 2.27. The van der Waals surface area contributed by atoms with Crippen LogP contribution in [0.2, 0.25) is 0 Å². The molecular weight excluding hydrogens is 219 g/mol. The smallest absolute Gasteiger partial charge is 0.372 e. The highest BCUT2D eigenvalue weighted by Crippen LogP contribution is 2.19. The van der Waals surface area contributed by atoms with Crippen LogP contribution in [0.3, 0.4) is 0 Å². The van der Waals surface area contributed by atoms with Crippen molar-refractivity contribution in [1.29, 1.82) is 0 Å². The molecule has 1 atom stereocenters. The third-order valence-corrected chi connectivity index (χ3v) is 2.58. The van der Waals surface area contributed by atoms with Crippen molar-refractivity contribution in [2.75, 3.05) is 19.8 Å². The number of nitrogens with one attached hydrogen (secondary N) is 1. The van der Waals surface area contributed by atoms with Crippen LogP contribution in [0.4, 0.5) is 13.2 Å². The van der Waals surface area contributed by atoms with Crippen LogP contribution < -0.4 is 5.32 Å². The van der Waals surface area contributed by atoms with Gasteiger partial charge in [-0.15, -0.1) is 0 Å². The fourth-order valence-corrected chi connectivity index (χ4v) is 1.48. The molecule has 0 aromatic rings. The molecular formula is C11H20F3NO. The molecule has 0 spiro atoms. The zero-order chi connectivity index (χ0) is 12.0. The van der Waals surface area contributed by atoms with Gasteiger partial charge in [0.1, 0.15) is 6.61 Å². The first-order valence-electron chi connectivity index (χ1n) is 5.85. The first-order chi connectivity index (χ1) is 7.47. The first-order valence-corrected chi connectivity index (χ1v) is 5.85. The SMILES string of the molecule is CC(CCCOCC(F)(F)F)CNC1CC1. The van der Waals surface area contributed by atoms with Gasteiger partial charge in [0.25, 0.3) is 0 Å². The average molecular weight is 239 g/mol. The minimum absolute atomic E-state index is 0.202. The van der Waals surface area contributed by atoms with Crippen molar-refractivity contribution in [1.82, 2.24) is 5.32 Å². The van der Waals surface area contributed by atoms with E-state index in [1.165, 1.54) is 12.8 Å². The van der Waals surface area contributed by atoms with Crippen LogP contribution >= 0.6 is 0 Å². The molecule has 0 bridgehead atoms. The molecule has 0 saturated heterocycles. The Bertz CT molecular complexity index is 192. The zero-order valence-electron chi connectivity index (χ0n) is 9.65. The minimum Gasteiger partial charge on any atom is -0.372 e. The van der Waals surface area contributed by atoms with Crippen molar-refractivity contribution >= 4 is 0 Å². The van der Waals surface area contributed by atoms with E-state index in [1.54, 1.807) is 0 Å². The maximum absolute atomic E-state index is 11.7. The highest BCUT2D eigenvalue weighted by atomic mass is 19.4. The molecule has 1 saturated carbocycles. The lowest BCUT2D eigenvalue weighted by molar-refractivity contribution is -0.174. The van der Waals surface area contributed by atoms with Gasteiger partial charge in [-0.25, -0.2) is 0 Å². The summed E-state index contributed by atoms with van der Waals surface area (Å²) in [6.07, 6.45) is -0.0524. The molecule has 2 nitrogen and oxygen atoms in total. The Morgan fingerprint density at radius 3 is 2.62 bits per heavy atom. The topological polar surface area (TPSA) is 21.3 Å². The van der Waals surface area contributed by atoms with Gasteiger partial charge in [0, 0.05) is 12.6 Å². The summed E-state index contributed by atoms with van der Waals surface area (Å²) in [5, 5.41) is 3.40. The maximum atomic E-state index is 11.7. The van der Waals surface area contributed by atoms with Gasteiger partial charge in [0.15, 0.2) is 0 Å². The fourth-order valence-electron chi connectivity index (χ4n) is 1.48. The maximum Gasteiger partial charge on any atom is 0.411 e. The Hall–Kier alpha value is -0.290. The summed E-state index contributed by atoms with van der Waals surface area (Å²) in [6, 6.07) is 0.698. The Labute approximate surface area is 94.5 Å². The quantitative estimate of drug-likeness (QED) is 0.658. The molecule has 1 aliphatic rings. The first kappa shape index (κ1) is 13.8. The van der Waals surface area contributed by atoms with E-state index in [1.807, 2.05) is 0 Å². The van der Waals surface area contributed by atoms with Crippen LogP contribution in [0.15, 0.2) is 0 Å². The van der Waals surface area contributed by atoms with E-state index in [-0.39, 0.29) is 6.61 Å². The van der Waals surface area contributed by atoms with E-state index in [0.29, 0.717) is 18.4 Å². The van der Waals surface area contributed by atoms with E-state index in [4.69, 9.17) is 0 Å². The summed E-state index contributed by atoms with van der Waals surface area (Å²) in [7, 11) is 0. The highest BCUT2D eigenvalue weighted by molar-refractivity contribution is 4.81. The van der Waals surface area contributed by atoms with Crippen LogP contribution in [0.5, 0.6) is 0 Å². The number of hydrogen-bond acceptors (Lipinski definition) is 2. The van der Waals surface area contributed by atoms with Crippen LogP contribution in [-0.4, -0.2) is 32.0 Å². The van der Waals surface area contributed by atoms with Gasteiger partial charge < -0.3 is 10.1 Å². The lowest BCUT2D eigenvalue weighted by atomic mass is 10.1. The summed E-state index contributed by atoms with van der Waals surface area (Å²) < 4.78 is 39.7. The molecule has 0 amide bonds. The van der Waals surface area contributed by atoms with Crippen molar-refractivity contribution in [2.24, 2.45) is 5.92 Å². The van der Waals surface area contributed by atoms with Crippen molar-refractivity contribution in [3.8, 4) is 0 Å². The molecule has 16 heavy (non-hydrogen) atoms. The molecule has 1 N–H and O–H groups in total. The van der Waals surface area contributed by atoms with Gasteiger partial charge in [0.2, 0.25) is 0 Å². The molecule has 0 aromatic heterocycles. The summed E-state index contributed by atoms with van der Waals surface area (Å²) in [5.41, 5.74) is 0. The predicted octanol–water partition coefficient (Wildman–Crippen LogP) is 2.73. The number of halogens is 3. The largest absolute Gasteiger partial charge is 0.411 e. The van der Waals surface area contributed by atoms with Crippen LogP contribution in [-0.2, 0) is 4.74 Å². The van der Waals surface area contributed by atoms with Crippen molar-refractivity contribution < 1.29 is 17.9 Å². The van der Waals surface area contributed by atoms with E-state index in [2.05, 4.69) is 17.0 Å². The molecule has 1 rings (SSSR count). The van der Waals surface area contributed by atoms with Gasteiger partial charge in [-0.1, -0.05) is 6.92 Å². The second-order valence-electron chi connectivity index (χ2n) is 4.60. The van der Waals surface area contributed by atoms with E-state index in [0.717, 1.165) is 13.0 Å². The van der Waals surface area contributed by atoms with E-state index < -0.39 is 12.8 Å². The van der Waals surface area contributed by atoms with Gasteiger partial charge in [-0.2, -0.15) is 13.2 Å². The lowest BCUT2D eigenvalue weighted by Gasteiger charge is -2.12. The van der Waals surface area contributed by atoms with Crippen molar-refractivity contribution in [2.45, 2.75) is 44.8 Å². The molecule has 1 fully saturated rings. The number of ether oxygens (including phenoxy) is 1.